The number of ether oxygens (including phenoxy) is 1. The van der Waals surface area contributed by atoms with E-state index in [2.05, 4.69) is 86.6 Å². The summed E-state index contributed by atoms with van der Waals surface area (Å²) in [5.74, 6) is 1.73. The SMILES string of the molecule is CCc1ccc(-c2ccc(Cc3ccc(Oc4ccc(C)cc4)cc3)cc2)cc1. The fraction of sp³-hybridized carbons (Fsp3) is 0.143. The van der Waals surface area contributed by atoms with Gasteiger partial charge in [0.15, 0.2) is 0 Å². The van der Waals surface area contributed by atoms with Crippen molar-refractivity contribution in [2.24, 2.45) is 0 Å². The molecule has 0 amide bonds. The first-order valence-electron chi connectivity index (χ1n) is 10.2. The second kappa shape index (κ2) is 8.79. The van der Waals surface area contributed by atoms with Crippen LogP contribution in [0.1, 0.15) is 29.2 Å². The van der Waals surface area contributed by atoms with Gasteiger partial charge in [0.2, 0.25) is 0 Å². The number of rotatable bonds is 6. The summed E-state index contributed by atoms with van der Waals surface area (Å²) >= 11 is 0. The van der Waals surface area contributed by atoms with Crippen molar-refractivity contribution in [3.63, 3.8) is 0 Å². The molecule has 0 fully saturated rings. The van der Waals surface area contributed by atoms with Crippen LogP contribution in [0.3, 0.4) is 0 Å². The van der Waals surface area contributed by atoms with Crippen LogP contribution < -0.4 is 4.74 Å². The number of hydrogen-bond donors (Lipinski definition) is 0. The van der Waals surface area contributed by atoms with Crippen LogP contribution >= 0.6 is 0 Å². The molecule has 0 unspecified atom stereocenters. The number of hydrogen-bond acceptors (Lipinski definition) is 1. The number of aryl methyl sites for hydroxylation is 2. The molecule has 1 nitrogen and oxygen atoms in total. The molecule has 144 valence electrons. The van der Waals surface area contributed by atoms with E-state index in [4.69, 9.17) is 4.74 Å². The summed E-state index contributed by atoms with van der Waals surface area (Å²) in [7, 11) is 0. The molecular weight excluding hydrogens is 352 g/mol. The second-order valence-corrected chi connectivity index (χ2v) is 7.48. The van der Waals surface area contributed by atoms with E-state index >= 15 is 0 Å². The van der Waals surface area contributed by atoms with Crippen LogP contribution in [0.5, 0.6) is 11.5 Å². The fourth-order valence-electron chi connectivity index (χ4n) is 3.40. The molecule has 0 radical (unpaired) electrons. The third-order valence-corrected chi connectivity index (χ3v) is 5.24. The summed E-state index contributed by atoms with van der Waals surface area (Å²) in [4.78, 5) is 0. The van der Waals surface area contributed by atoms with Gasteiger partial charge in [-0.15, -0.1) is 0 Å². The van der Waals surface area contributed by atoms with Gasteiger partial charge in [-0.3, -0.25) is 0 Å². The minimum atomic E-state index is 0.864. The Morgan fingerprint density at radius 2 is 0.931 bits per heavy atom. The summed E-state index contributed by atoms with van der Waals surface area (Å²) in [6.45, 7) is 4.26. The Hall–Kier alpha value is -3.32. The molecule has 0 aromatic heterocycles. The summed E-state index contributed by atoms with van der Waals surface area (Å²) in [5, 5.41) is 0. The van der Waals surface area contributed by atoms with E-state index in [0.717, 1.165) is 24.3 Å². The molecule has 4 rings (SSSR count). The molecule has 0 spiro atoms. The van der Waals surface area contributed by atoms with Gasteiger partial charge in [0, 0.05) is 0 Å². The first kappa shape index (κ1) is 19.0. The monoisotopic (exact) mass is 378 g/mol. The third-order valence-electron chi connectivity index (χ3n) is 5.24. The molecule has 4 aromatic carbocycles. The largest absolute Gasteiger partial charge is 0.457 e. The molecule has 0 saturated carbocycles. The van der Waals surface area contributed by atoms with Crippen LogP contribution in [0.15, 0.2) is 97.1 Å². The van der Waals surface area contributed by atoms with Crippen LogP contribution in [0, 0.1) is 6.92 Å². The zero-order valence-electron chi connectivity index (χ0n) is 17.1. The molecule has 0 atom stereocenters. The van der Waals surface area contributed by atoms with E-state index in [9.17, 15) is 0 Å². The zero-order chi connectivity index (χ0) is 20.1. The molecule has 1 heteroatoms. The smallest absolute Gasteiger partial charge is 0.127 e. The van der Waals surface area contributed by atoms with Gasteiger partial charge in [0.25, 0.3) is 0 Å². The van der Waals surface area contributed by atoms with Crippen molar-refractivity contribution in [3.8, 4) is 22.6 Å². The minimum absolute atomic E-state index is 0.864. The highest BCUT2D eigenvalue weighted by atomic mass is 16.5. The fourth-order valence-corrected chi connectivity index (χ4v) is 3.40. The summed E-state index contributed by atoms with van der Waals surface area (Å²) in [6, 6.07) is 34.2. The van der Waals surface area contributed by atoms with Gasteiger partial charge < -0.3 is 4.74 Å². The van der Waals surface area contributed by atoms with E-state index in [0.29, 0.717) is 0 Å². The molecule has 0 aliphatic heterocycles. The highest BCUT2D eigenvalue weighted by Crippen LogP contribution is 2.24. The van der Waals surface area contributed by atoms with Crippen LogP contribution in [0.2, 0.25) is 0 Å². The minimum Gasteiger partial charge on any atom is -0.457 e. The van der Waals surface area contributed by atoms with Crippen LogP contribution in [-0.2, 0) is 12.8 Å². The Kier molecular flexibility index (Phi) is 5.76. The molecule has 0 N–H and O–H groups in total. The third kappa shape index (κ3) is 4.94. The standard InChI is InChI=1S/C28H26O/c1-3-22-6-12-25(13-7-22)26-14-8-23(9-15-26)20-24-10-18-28(19-11-24)29-27-16-4-21(2)5-17-27/h4-19H,3,20H2,1-2H3. The van der Waals surface area contributed by atoms with Crippen molar-refractivity contribution >= 4 is 0 Å². The second-order valence-electron chi connectivity index (χ2n) is 7.48. The van der Waals surface area contributed by atoms with E-state index in [1.54, 1.807) is 0 Å². The van der Waals surface area contributed by atoms with Crippen molar-refractivity contribution in [1.82, 2.24) is 0 Å². The Bertz CT molecular complexity index is 1040. The summed E-state index contributed by atoms with van der Waals surface area (Å²) in [6.07, 6.45) is 1.99. The lowest BCUT2D eigenvalue weighted by Crippen LogP contribution is -1.90. The predicted octanol–water partition coefficient (Wildman–Crippen LogP) is 7.61. The van der Waals surface area contributed by atoms with Gasteiger partial charge in [-0.05, 0) is 71.8 Å². The van der Waals surface area contributed by atoms with Crippen molar-refractivity contribution in [1.29, 1.82) is 0 Å². The lowest BCUT2D eigenvalue weighted by atomic mass is 9.99. The molecule has 0 bridgehead atoms. The zero-order valence-corrected chi connectivity index (χ0v) is 17.1. The highest BCUT2D eigenvalue weighted by molar-refractivity contribution is 5.64. The van der Waals surface area contributed by atoms with Gasteiger partial charge in [0.05, 0.1) is 0 Å². The molecule has 0 heterocycles. The van der Waals surface area contributed by atoms with Crippen molar-refractivity contribution in [3.05, 3.63) is 119 Å². The quantitative estimate of drug-likeness (QED) is 0.335. The first-order valence-corrected chi connectivity index (χ1v) is 10.2. The van der Waals surface area contributed by atoms with Gasteiger partial charge in [0.1, 0.15) is 11.5 Å². The van der Waals surface area contributed by atoms with Crippen molar-refractivity contribution in [2.45, 2.75) is 26.7 Å². The maximum Gasteiger partial charge on any atom is 0.127 e. The highest BCUT2D eigenvalue weighted by Gasteiger charge is 2.02. The lowest BCUT2D eigenvalue weighted by molar-refractivity contribution is 0.482. The van der Waals surface area contributed by atoms with E-state index < -0.39 is 0 Å². The molecule has 0 saturated heterocycles. The van der Waals surface area contributed by atoms with E-state index in [1.165, 1.54) is 33.4 Å². The molecular formula is C28H26O. The van der Waals surface area contributed by atoms with Gasteiger partial charge >= 0.3 is 0 Å². The maximum atomic E-state index is 5.92. The maximum absolute atomic E-state index is 5.92. The van der Waals surface area contributed by atoms with Gasteiger partial charge in [-0.1, -0.05) is 85.3 Å². The van der Waals surface area contributed by atoms with Gasteiger partial charge in [-0.25, -0.2) is 0 Å². The lowest BCUT2D eigenvalue weighted by Gasteiger charge is -2.08. The number of benzene rings is 4. The molecule has 0 aliphatic carbocycles. The van der Waals surface area contributed by atoms with E-state index in [1.807, 2.05) is 24.3 Å². The Labute approximate surface area is 173 Å². The van der Waals surface area contributed by atoms with Crippen molar-refractivity contribution in [2.75, 3.05) is 0 Å². The Morgan fingerprint density at radius 1 is 0.517 bits per heavy atom. The average molecular weight is 379 g/mol. The Balaban J connectivity index is 1.40. The first-order chi connectivity index (χ1) is 14.2. The van der Waals surface area contributed by atoms with E-state index in [-0.39, 0.29) is 0 Å². The molecule has 0 aliphatic rings. The van der Waals surface area contributed by atoms with Crippen LogP contribution in [0.25, 0.3) is 11.1 Å². The van der Waals surface area contributed by atoms with Crippen molar-refractivity contribution < 1.29 is 4.74 Å². The molecule has 29 heavy (non-hydrogen) atoms. The predicted molar refractivity (Wildman–Crippen MR) is 122 cm³/mol. The normalized spacial score (nSPS) is 10.7. The summed E-state index contributed by atoms with van der Waals surface area (Å²) < 4.78 is 5.92. The van der Waals surface area contributed by atoms with Crippen LogP contribution in [-0.4, -0.2) is 0 Å². The average Bonchev–Trinajstić information content (AvgIpc) is 2.77. The molecule has 4 aromatic rings. The summed E-state index contributed by atoms with van der Waals surface area (Å²) in [5.41, 5.74) is 7.73. The Morgan fingerprint density at radius 3 is 1.41 bits per heavy atom. The van der Waals surface area contributed by atoms with Crippen LogP contribution in [0.4, 0.5) is 0 Å². The van der Waals surface area contributed by atoms with Gasteiger partial charge in [-0.2, -0.15) is 0 Å². The topological polar surface area (TPSA) is 9.23 Å².